The molecule has 4 heteroatoms. The highest BCUT2D eigenvalue weighted by atomic mass is 16.5. The van der Waals surface area contributed by atoms with Crippen molar-refractivity contribution in [3.05, 3.63) is 23.3 Å². The topological polar surface area (TPSA) is 44.8 Å². The van der Waals surface area contributed by atoms with Crippen molar-refractivity contribution in [2.45, 2.75) is 40.0 Å². The Morgan fingerprint density at radius 1 is 1.04 bits per heavy atom. The van der Waals surface area contributed by atoms with Crippen molar-refractivity contribution in [1.29, 1.82) is 0 Å². The molecule has 0 spiro atoms. The van der Waals surface area contributed by atoms with E-state index in [1.54, 1.807) is 21.3 Å². The number of carbonyl (C=O) groups excluding carboxylic acids is 1. The van der Waals surface area contributed by atoms with Crippen molar-refractivity contribution in [1.82, 2.24) is 0 Å². The summed E-state index contributed by atoms with van der Waals surface area (Å²) in [6.07, 6.45) is 4.80. The van der Waals surface area contributed by atoms with E-state index in [2.05, 4.69) is 20.8 Å². The van der Waals surface area contributed by atoms with E-state index >= 15 is 0 Å². The summed E-state index contributed by atoms with van der Waals surface area (Å²) in [5.74, 6) is 2.10. The predicted octanol–water partition coefficient (Wildman–Crippen LogP) is 4.51. The van der Waals surface area contributed by atoms with E-state index in [4.69, 9.17) is 14.2 Å². The fourth-order valence-electron chi connectivity index (χ4n) is 3.33. The van der Waals surface area contributed by atoms with E-state index in [-0.39, 0.29) is 17.1 Å². The predicted molar refractivity (Wildman–Crippen MR) is 95.9 cm³/mol. The summed E-state index contributed by atoms with van der Waals surface area (Å²) in [7, 11) is 4.77. The molecule has 0 unspecified atom stereocenters. The van der Waals surface area contributed by atoms with Crippen molar-refractivity contribution in [3.8, 4) is 17.2 Å². The number of benzene rings is 1. The average Bonchev–Trinajstić information content (AvgIpc) is 2.54. The SMILES string of the molecule is COc1cc(/C=C2\CCC[C@@H](C(C)(C)C)C2=O)cc(OC)c1OC. The van der Waals surface area contributed by atoms with Gasteiger partial charge in [-0.05, 0) is 54.0 Å². The number of allylic oxidation sites excluding steroid dienone is 1. The molecule has 2 rings (SSSR count). The van der Waals surface area contributed by atoms with Crippen LogP contribution in [0.4, 0.5) is 0 Å². The maximum atomic E-state index is 12.9. The zero-order valence-corrected chi connectivity index (χ0v) is 15.6. The van der Waals surface area contributed by atoms with Crippen LogP contribution < -0.4 is 14.2 Å². The molecule has 1 aromatic carbocycles. The minimum Gasteiger partial charge on any atom is -0.493 e. The highest BCUT2D eigenvalue weighted by Gasteiger charge is 2.35. The number of ketones is 1. The standard InChI is InChI=1S/C20H28O4/c1-20(2,3)15-9-7-8-14(18(15)21)10-13-11-16(22-4)19(24-6)17(12-13)23-5/h10-12,15H,7-9H2,1-6H3/b14-10+/t15-/m1/s1. The minimum absolute atomic E-state index is 0.00805. The zero-order chi connectivity index (χ0) is 17.9. The summed E-state index contributed by atoms with van der Waals surface area (Å²) in [5, 5.41) is 0. The maximum Gasteiger partial charge on any atom is 0.203 e. The Morgan fingerprint density at radius 3 is 2.08 bits per heavy atom. The number of ether oxygens (including phenoxy) is 3. The van der Waals surface area contributed by atoms with Crippen LogP contribution in [-0.4, -0.2) is 27.1 Å². The number of methoxy groups -OCH3 is 3. The molecular formula is C20H28O4. The van der Waals surface area contributed by atoms with Gasteiger partial charge in [0, 0.05) is 5.92 Å². The molecule has 0 N–H and O–H groups in total. The summed E-state index contributed by atoms with van der Waals surface area (Å²) in [4.78, 5) is 12.9. The molecule has 24 heavy (non-hydrogen) atoms. The van der Waals surface area contributed by atoms with Gasteiger partial charge in [0.1, 0.15) is 0 Å². The third kappa shape index (κ3) is 3.74. The van der Waals surface area contributed by atoms with E-state index in [1.807, 2.05) is 18.2 Å². The molecule has 1 atom stereocenters. The molecule has 1 fully saturated rings. The summed E-state index contributed by atoms with van der Waals surface area (Å²) < 4.78 is 16.1. The Hall–Kier alpha value is -1.97. The van der Waals surface area contributed by atoms with Crippen molar-refractivity contribution >= 4 is 11.9 Å². The largest absolute Gasteiger partial charge is 0.493 e. The lowest BCUT2D eigenvalue weighted by atomic mass is 9.70. The number of hydrogen-bond donors (Lipinski definition) is 0. The van der Waals surface area contributed by atoms with Crippen molar-refractivity contribution in [2.75, 3.05) is 21.3 Å². The van der Waals surface area contributed by atoms with E-state index in [0.717, 1.165) is 30.4 Å². The third-order valence-corrected chi connectivity index (χ3v) is 4.65. The molecule has 0 saturated heterocycles. The quantitative estimate of drug-likeness (QED) is 0.761. The Kier molecular flexibility index (Phi) is 5.58. The minimum atomic E-state index is -0.00805. The maximum absolute atomic E-state index is 12.9. The Labute approximate surface area is 144 Å². The second kappa shape index (κ2) is 7.29. The van der Waals surface area contributed by atoms with Crippen molar-refractivity contribution in [3.63, 3.8) is 0 Å². The van der Waals surface area contributed by atoms with E-state index < -0.39 is 0 Å². The van der Waals surface area contributed by atoms with Gasteiger partial charge in [-0.25, -0.2) is 0 Å². The smallest absolute Gasteiger partial charge is 0.203 e. The molecule has 0 heterocycles. The van der Waals surface area contributed by atoms with Crippen LogP contribution in [0.2, 0.25) is 0 Å². The van der Waals surface area contributed by atoms with Gasteiger partial charge in [-0.15, -0.1) is 0 Å². The fraction of sp³-hybridized carbons (Fsp3) is 0.550. The number of rotatable bonds is 4. The van der Waals surface area contributed by atoms with Crippen LogP contribution in [0.1, 0.15) is 45.6 Å². The van der Waals surface area contributed by atoms with Crippen LogP contribution in [0.15, 0.2) is 17.7 Å². The van der Waals surface area contributed by atoms with Crippen molar-refractivity contribution < 1.29 is 19.0 Å². The van der Waals surface area contributed by atoms with Gasteiger partial charge in [0.25, 0.3) is 0 Å². The van der Waals surface area contributed by atoms with Gasteiger partial charge >= 0.3 is 0 Å². The lowest BCUT2D eigenvalue weighted by molar-refractivity contribution is -0.123. The van der Waals surface area contributed by atoms with Gasteiger partial charge in [0.15, 0.2) is 17.3 Å². The van der Waals surface area contributed by atoms with Crippen molar-refractivity contribution in [2.24, 2.45) is 11.3 Å². The van der Waals surface area contributed by atoms with Gasteiger partial charge in [-0.3, -0.25) is 4.79 Å². The fourth-order valence-corrected chi connectivity index (χ4v) is 3.33. The highest BCUT2D eigenvalue weighted by Crippen LogP contribution is 2.41. The summed E-state index contributed by atoms with van der Waals surface area (Å²) in [5.41, 5.74) is 1.77. The van der Waals surface area contributed by atoms with Crippen LogP contribution in [0.3, 0.4) is 0 Å². The van der Waals surface area contributed by atoms with E-state index in [0.29, 0.717) is 17.2 Å². The Balaban J connectivity index is 2.41. The van der Waals surface area contributed by atoms with Gasteiger partial charge in [-0.2, -0.15) is 0 Å². The van der Waals surface area contributed by atoms with E-state index in [9.17, 15) is 4.79 Å². The summed E-state index contributed by atoms with van der Waals surface area (Å²) in [6.45, 7) is 6.41. The number of carbonyl (C=O) groups is 1. The lowest BCUT2D eigenvalue weighted by Gasteiger charge is -2.33. The Morgan fingerprint density at radius 2 is 1.62 bits per heavy atom. The molecule has 132 valence electrons. The summed E-state index contributed by atoms with van der Waals surface area (Å²) >= 11 is 0. The second-order valence-corrected chi connectivity index (χ2v) is 7.30. The molecule has 0 aromatic heterocycles. The van der Waals surface area contributed by atoms with Gasteiger partial charge < -0.3 is 14.2 Å². The first-order valence-electron chi connectivity index (χ1n) is 8.36. The van der Waals surface area contributed by atoms with Gasteiger partial charge in [0.05, 0.1) is 21.3 Å². The van der Waals surface area contributed by atoms with Crippen LogP contribution in [0, 0.1) is 11.3 Å². The monoisotopic (exact) mass is 332 g/mol. The van der Waals surface area contributed by atoms with Gasteiger partial charge in [-0.1, -0.05) is 20.8 Å². The first-order valence-corrected chi connectivity index (χ1v) is 8.36. The molecule has 1 aliphatic carbocycles. The molecule has 1 aromatic rings. The first kappa shape index (κ1) is 18.4. The first-order chi connectivity index (χ1) is 11.3. The number of Topliss-reactive ketones (excluding diaryl/α,β-unsaturated/α-hetero) is 1. The summed E-state index contributed by atoms with van der Waals surface area (Å²) in [6, 6.07) is 3.75. The zero-order valence-electron chi connectivity index (χ0n) is 15.6. The molecular weight excluding hydrogens is 304 g/mol. The molecule has 0 bridgehead atoms. The Bertz CT molecular complexity index is 613. The van der Waals surface area contributed by atoms with Gasteiger partial charge in [0.2, 0.25) is 5.75 Å². The average molecular weight is 332 g/mol. The molecule has 0 amide bonds. The highest BCUT2D eigenvalue weighted by molar-refractivity contribution is 6.02. The van der Waals surface area contributed by atoms with Crippen LogP contribution in [0.25, 0.3) is 6.08 Å². The molecule has 1 aliphatic rings. The normalized spacial score (nSPS) is 20.2. The third-order valence-electron chi connectivity index (χ3n) is 4.65. The lowest BCUT2D eigenvalue weighted by Crippen LogP contribution is -2.32. The number of hydrogen-bond acceptors (Lipinski definition) is 4. The molecule has 0 radical (unpaired) electrons. The van der Waals surface area contributed by atoms with Crippen LogP contribution in [0.5, 0.6) is 17.2 Å². The van der Waals surface area contributed by atoms with E-state index in [1.165, 1.54) is 0 Å². The van der Waals surface area contributed by atoms with Crippen LogP contribution >= 0.6 is 0 Å². The molecule has 0 aliphatic heterocycles. The second-order valence-electron chi connectivity index (χ2n) is 7.30. The van der Waals surface area contributed by atoms with Crippen LogP contribution in [-0.2, 0) is 4.79 Å². The molecule has 1 saturated carbocycles. The molecule has 4 nitrogen and oxygen atoms in total.